The van der Waals surface area contributed by atoms with E-state index in [9.17, 15) is 24.3 Å². The molecule has 170 valence electrons. The topological polar surface area (TPSA) is 185 Å². The van der Waals surface area contributed by atoms with Crippen LogP contribution in [-0.2, 0) is 24.0 Å². The number of aromatic nitrogens is 1. The second-order valence-corrected chi connectivity index (χ2v) is 10.9. The molecule has 0 aromatic carbocycles. The number of halogens is 2. The van der Waals surface area contributed by atoms with Crippen LogP contribution in [-0.4, -0.2) is 73.3 Å². The molecule has 1 saturated heterocycles. The van der Waals surface area contributed by atoms with Gasteiger partial charge in [-0.2, -0.15) is 0 Å². The molecular weight excluding hydrogens is 598 g/mol. The van der Waals surface area contributed by atoms with Gasteiger partial charge in [0.1, 0.15) is 22.8 Å². The number of nitrogens with one attached hydrogen (secondary N) is 1. The molecule has 1 aromatic heterocycles. The molecule has 0 spiro atoms. The minimum absolute atomic E-state index is 0.0380. The summed E-state index contributed by atoms with van der Waals surface area (Å²) in [6, 6.07) is -1.03. The van der Waals surface area contributed by atoms with Crippen LogP contribution in [0, 0.1) is 0 Å². The first-order chi connectivity index (χ1) is 15.1. The number of nitrogens with two attached hydrogens (primary N) is 1. The lowest BCUT2D eigenvalue weighted by Crippen LogP contribution is -2.71. The number of nitrogen functional groups attached to an aromatic ring is 1. The fourth-order valence-electron chi connectivity index (χ4n) is 2.85. The van der Waals surface area contributed by atoms with Gasteiger partial charge in [-0.25, -0.2) is 14.6 Å². The number of oxime groups is 1. The number of carbonyl (C=O) groups is 4. The highest BCUT2D eigenvalue weighted by Crippen LogP contribution is 2.41. The lowest BCUT2D eigenvalue weighted by atomic mass is 10.0. The highest BCUT2D eigenvalue weighted by atomic mass is 79.9. The Balaban J connectivity index is 1.81. The molecule has 0 aliphatic carbocycles. The van der Waals surface area contributed by atoms with Crippen molar-refractivity contribution < 1.29 is 34.2 Å². The van der Waals surface area contributed by atoms with Gasteiger partial charge in [0, 0.05) is 11.1 Å². The van der Waals surface area contributed by atoms with Gasteiger partial charge in [-0.1, -0.05) is 5.16 Å². The molecule has 2 aliphatic heterocycles. The highest BCUT2D eigenvalue weighted by molar-refractivity contribution is 9.28. The molecule has 2 atom stereocenters. The number of allylic oxidation sites excluding steroid dienone is 1. The summed E-state index contributed by atoms with van der Waals surface area (Å²) in [7, 11) is 0. The van der Waals surface area contributed by atoms with Gasteiger partial charge < -0.3 is 26.1 Å². The second-order valence-electron chi connectivity index (χ2n) is 6.15. The van der Waals surface area contributed by atoms with Crippen molar-refractivity contribution in [2.75, 3.05) is 18.1 Å². The van der Waals surface area contributed by atoms with Crippen LogP contribution in [0.25, 0.3) is 0 Å². The van der Waals surface area contributed by atoms with E-state index in [0.29, 0.717) is 8.96 Å². The van der Waals surface area contributed by atoms with Crippen molar-refractivity contribution in [1.29, 1.82) is 0 Å². The van der Waals surface area contributed by atoms with E-state index in [1.807, 2.05) is 0 Å². The molecule has 12 nitrogen and oxygen atoms in total. The van der Waals surface area contributed by atoms with Crippen LogP contribution < -0.4 is 11.1 Å². The third-order valence-electron chi connectivity index (χ3n) is 4.09. The maximum absolute atomic E-state index is 12.8. The van der Waals surface area contributed by atoms with Gasteiger partial charge in [-0.3, -0.25) is 14.5 Å². The summed E-state index contributed by atoms with van der Waals surface area (Å²) in [6.07, 6.45) is 1.54. The standard InChI is InChI=1S/C16H13Br2N5O7S2/c17-7(18)1-5-3-31-14-10(13(27)23(14)11(5)15(28)29)21-12(26)9(22-30-2-8(24)25)6-4-32-16(19)20-6/h1,4,10,14H,2-3H2,(H2,19,20)(H,21,26)(H,24,25)(H,28,29)/b22-9+. The van der Waals surface area contributed by atoms with Gasteiger partial charge >= 0.3 is 11.9 Å². The summed E-state index contributed by atoms with van der Waals surface area (Å²) in [4.78, 5) is 57.6. The van der Waals surface area contributed by atoms with Crippen LogP contribution in [0.1, 0.15) is 5.69 Å². The molecule has 5 N–H and O–H groups in total. The van der Waals surface area contributed by atoms with Crippen molar-refractivity contribution in [1.82, 2.24) is 15.2 Å². The second kappa shape index (κ2) is 10.0. The summed E-state index contributed by atoms with van der Waals surface area (Å²) >= 11 is 8.65. The number of anilines is 1. The number of hydrogen-bond acceptors (Lipinski definition) is 10. The normalized spacial score (nSPS) is 20.2. The third kappa shape index (κ3) is 5.13. The van der Waals surface area contributed by atoms with Crippen molar-refractivity contribution in [2.45, 2.75) is 11.4 Å². The Morgan fingerprint density at radius 1 is 1.41 bits per heavy atom. The van der Waals surface area contributed by atoms with Crippen LogP contribution in [0.4, 0.5) is 5.13 Å². The Morgan fingerprint density at radius 3 is 2.69 bits per heavy atom. The zero-order valence-electron chi connectivity index (χ0n) is 15.7. The molecule has 2 unspecified atom stereocenters. The van der Waals surface area contributed by atoms with Crippen LogP contribution in [0.15, 0.2) is 31.3 Å². The third-order valence-corrected chi connectivity index (χ3v) is 6.53. The van der Waals surface area contributed by atoms with Crippen LogP contribution in [0.2, 0.25) is 0 Å². The fourth-order valence-corrected chi connectivity index (χ4v) is 5.25. The lowest BCUT2D eigenvalue weighted by molar-refractivity contribution is -0.150. The number of thioether (sulfide) groups is 1. The molecular formula is C16H13Br2N5O7S2. The van der Waals surface area contributed by atoms with Crippen molar-refractivity contribution >= 4 is 89.6 Å². The van der Waals surface area contributed by atoms with Crippen LogP contribution in [0.5, 0.6) is 0 Å². The maximum atomic E-state index is 12.8. The monoisotopic (exact) mass is 609 g/mol. The van der Waals surface area contributed by atoms with E-state index in [-0.39, 0.29) is 28.0 Å². The zero-order chi connectivity index (χ0) is 23.6. The molecule has 3 heterocycles. The minimum atomic E-state index is -1.30. The summed E-state index contributed by atoms with van der Waals surface area (Å²) in [6.45, 7) is -0.794. The summed E-state index contributed by atoms with van der Waals surface area (Å²) in [5.41, 5.74) is 5.50. The fraction of sp³-hybridized carbons (Fsp3) is 0.250. The predicted octanol–water partition coefficient (Wildman–Crippen LogP) is 0.900. The Hall–Kier alpha value is -2.43. The van der Waals surface area contributed by atoms with Crippen molar-refractivity contribution in [3.8, 4) is 0 Å². The maximum Gasteiger partial charge on any atom is 0.352 e. The Morgan fingerprint density at radius 2 is 2.12 bits per heavy atom. The largest absolute Gasteiger partial charge is 0.479 e. The molecule has 3 rings (SSSR count). The number of carboxylic acids is 2. The van der Waals surface area contributed by atoms with E-state index in [4.69, 9.17) is 10.8 Å². The zero-order valence-corrected chi connectivity index (χ0v) is 20.5. The number of β-lactam (4-membered cyclic amide) rings is 1. The van der Waals surface area contributed by atoms with E-state index < -0.39 is 41.8 Å². The first kappa shape index (κ1) is 24.2. The smallest absolute Gasteiger partial charge is 0.352 e. The molecule has 0 radical (unpaired) electrons. The lowest BCUT2D eigenvalue weighted by Gasteiger charge is -2.49. The van der Waals surface area contributed by atoms with Gasteiger partial charge in [-0.15, -0.1) is 23.1 Å². The van der Waals surface area contributed by atoms with Gasteiger partial charge in [0.2, 0.25) is 6.61 Å². The number of fused-ring (bicyclic) bond motifs is 1. The van der Waals surface area contributed by atoms with Crippen molar-refractivity contribution in [2.24, 2.45) is 5.16 Å². The van der Waals surface area contributed by atoms with Crippen LogP contribution in [0.3, 0.4) is 0 Å². The molecule has 1 fully saturated rings. The van der Waals surface area contributed by atoms with E-state index in [1.165, 1.54) is 17.1 Å². The van der Waals surface area contributed by atoms with Crippen LogP contribution >= 0.6 is 55.0 Å². The summed E-state index contributed by atoms with van der Waals surface area (Å²) in [5, 5.41) is 25.2. The van der Waals surface area contributed by atoms with E-state index in [1.54, 1.807) is 6.08 Å². The molecule has 0 saturated carbocycles. The Bertz CT molecular complexity index is 1080. The SMILES string of the molecule is Nc1nc(/C(=N\OCC(=O)O)C(=O)NC2C(=O)N3C(C(=O)O)=C(C=C(Br)Br)CSC23)cs1. The molecule has 1 aromatic rings. The number of carboxylic acid groups (broad SMARTS) is 2. The molecule has 2 aliphatic rings. The molecule has 2 amide bonds. The molecule has 16 heteroatoms. The number of aliphatic carboxylic acids is 2. The molecule has 0 bridgehead atoms. The van der Waals surface area contributed by atoms with E-state index >= 15 is 0 Å². The quantitative estimate of drug-likeness (QED) is 0.187. The average molecular weight is 611 g/mol. The first-order valence-electron chi connectivity index (χ1n) is 8.48. The van der Waals surface area contributed by atoms with Gasteiger partial charge in [0.05, 0.1) is 3.39 Å². The van der Waals surface area contributed by atoms with Crippen molar-refractivity contribution in [3.05, 3.63) is 31.8 Å². The van der Waals surface area contributed by atoms with Crippen molar-refractivity contribution in [3.63, 3.8) is 0 Å². The molecule has 32 heavy (non-hydrogen) atoms. The van der Waals surface area contributed by atoms with E-state index in [0.717, 1.165) is 16.2 Å². The summed E-state index contributed by atoms with van der Waals surface area (Å²) < 4.78 is 0.514. The van der Waals surface area contributed by atoms with Gasteiger partial charge in [-0.05, 0) is 43.5 Å². The predicted molar refractivity (Wildman–Crippen MR) is 122 cm³/mol. The van der Waals surface area contributed by atoms with E-state index in [2.05, 4.69) is 52.2 Å². The number of amides is 2. The highest BCUT2D eigenvalue weighted by Gasteiger charge is 2.54. The number of thiazole rings is 1. The first-order valence-corrected chi connectivity index (χ1v) is 12.0. The Labute approximate surface area is 204 Å². The summed E-state index contributed by atoms with van der Waals surface area (Å²) in [5.74, 6) is -3.76. The average Bonchev–Trinajstić information content (AvgIpc) is 3.13. The Kier molecular flexibility index (Phi) is 7.58. The number of nitrogens with zero attached hydrogens (tertiary/aromatic N) is 3. The number of hydrogen-bond donors (Lipinski definition) is 4. The van der Waals surface area contributed by atoms with Gasteiger partial charge in [0.25, 0.3) is 11.8 Å². The van der Waals surface area contributed by atoms with Gasteiger partial charge in [0.15, 0.2) is 10.8 Å². The number of rotatable bonds is 8. The minimum Gasteiger partial charge on any atom is -0.479 e. The number of carbonyl (C=O) groups excluding carboxylic acids is 2.